The molecule has 90 valence electrons. The highest BCUT2D eigenvalue weighted by Gasteiger charge is 2.06. The van der Waals surface area contributed by atoms with Crippen LogP contribution in [0, 0.1) is 6.57 Å². The Labute approximate surface area is 103 Å². The van der Waals surface area contributed by atoms with Gasteiger partial charge in [-0.3, -0.25) is 4.68 Å². The maximum absolute atomic E-state index is 10.7. The van der Waals surface area contributed by atoms with Crippen molar-refractivity contribution >= 4 is 17.5 Å². The first kappa shape index (κ1) is 11.7. The molecule has 0 aliphatic rings. The van der Waals surface area contributed by atoms with Crippen molar-refractivity contribution in [1.29, 1.82) is 0 Å². The van der Waals surface area contributed by atoms with Gasteiger partial charge in [0.1, 0.15) is 0 Å². The van der Waals surface area contributed by atoms with E-state index in [4.69, 9.17) is 17.4 Å². The number of hydrogen-bond acceptors (Lipinski definition) is 3. The topological polar surface area (TPSA) is 85.5 Å². The lowest BCUT2D eigenvalue weighted by molar-refractivity contribution is 0.0697. The van der Waals surface area contributed by atoms with Gasteiger partial charge in [0.25, 0.3) is 0 Å². The predicted molar refractivity (Wildman–Crippen MR) is 65.4 cm³/mol. The van der Waals surface area contributed by atoms with E-state index in [1.54, 1.807) is 23.0 Å². The maximum atomic E-state index is 10.7. The van der Waals surface area contributed by atoms with Crippen LogP contribution >= 0.6 is 0 Å². The number of carbonyl (C=O) groups is 1. The Bertz CT molecular complexity index is 623. The Morgan fingerprint density at radius 3 is 2.61 bits per heavy atom. The van der Waals surface area contributed by atoms with Gasteiger partial charge in [0.05, 0.1) is 18.7 Å². The zero-order chi connectivity index (χ0) is 13.1. The molecule has 0 unspecified atom stereocenters. The third-order valence-corrected chi connectivity index (χ3v) is 2.44. The van der Waals surface area contributed by atoms with Crippen LogP contribution in [0.3, 0.4) is 0 Å². The summed E-state index contributed by atoms with van der Waals surface area (Å²) in [6.07, 6.45) is 1.56. The van der Waals surface area contributed by atoms with Crippen LogP contribution in [0.1, 0.15) is 15.9 Å². The van der Waals surface area contributed by atoms with Crippen molar-refractivity contribution < 1.29 is 9.90 Å². The molecule has 0 spiro atoms. The number of nitrogens with two attached hydrogens (primary N) is 1. The molecule has 3 N–H and O–H groups in total. The number of benzene rings is 1. The smallest absolute Gasteiger partial charge is 0.335 e. The summed E-state index contributed by atoms with van der Waals surface area (Å²) < 4.78 is 1.55. The maximum Gasteiger partial charge on any atom is 0.335 e. The summed E-state index contributed by atoms with van der Waals surface area (Å²) in [5.74, 6) is -0.757. The normalized spacial score (nSPS) is 9.94. The van der Waals surface area contributed by atoms with Gasteiger partial charge in [0.2, 0.25) is 5.69 Å². The van der Waals surface area contributed by atoms with E-state index in [1.165, 1.54) is 12.1 Å². The van der Waals surface area contributed by atoms with Gasteiger partial charge in [0, 0.05) is 6.20 Å². The fourth-order valence-corrected chi connectivity index (χ4v) is 1.53. The molecule has 1 heterocycles. The van der Waals surface area contributed by atoms with Crippen LogP contribution in [0.25, 0.3) is 4.85 Å². The molecule has 0 saturated carbocycles. The standard InChI is InChI=1S/C12H10N4O2/c1-14-10-7-16(15-11(10)13)6-8-2-4-9(5-3-8)12(17)18/h2-5,7H,6H2,(H2,13,15)(H,17,18). The molecular weight excluding hydrogens is 232 g/mol. The largest absolute Gasteiger partial charge is 0.478 e. The number of rotatable bonds is 3. The Balaban J connectivity index is 2.18. The van der Waals surface area contributed by atoms with Crippen LogP contribution in [0.2, 0.25) is 0 Å². The van der Waals surface area contributed by atoms with Crippen LogP contribution in [0.4, 0.5) is 11.5 Å². The van der Waals surface area contributed by atoms with Crippen molar-refractivity contribution in [1.82, 2.24) is 9.78 Å². The van der Waals surface area contributed by atoms with E-state index < -0.39 is 5.97 Å². The first-order valence-corrected chi connectivity index (χ1v) is 5.13. The molecule has 1 aromatic carbocycles. The summed E-state index contributed by atoms with van der Waals surface area (Å²) in [6.45, 7) is 7.32. The number of nitrogen functional groups attached to an aromatic ring is 1. The highest BCUT2D eigenvalue weighted by atomic mass is 16.4. The fourth-order valence-electron chi connectivity index (χ4n) is 1.53. The summed E-state index contributed by atoms with van der Waals surface area (Å²) >= 11 is 0. The lowest BCUT2D eigenvalue weighted by Crippen LogP contribution is -2.02. The Kier molecular flexibility index (Phi) is 2.98. The second kappa shape index (κ2) is 4.59. The molecule has 1 aromatic heterocycles. The van der Waals surface area contributed by atoms with E-state index in [2.05, 4.69) is 9.94 Å². The zero-order valence-electron chi connectivity index (χ0n) is 9.37. The van der Waals surface area contributed by atoms with Crippen molar-refractivity contribution in [3.8, 4) is 0 Å². The number of carboxylic acids is 1. The van der Waals surface area contributed by atoms with Gasteiger partial charge in [-0.25, -0.2) is 9.64 Å². The van der Waals surface area contributed by atoms with Crippen LogP contribution in [0.15, 0.2) is 30.5 Å². The molecule has 0 amide bonds. The van der Waals surface area contributed by atoms with E-state index in [1.807, 2.05) is 0 Å². The summed E-state index contributed by atoms with van der Waals surface area (Å²) in [7, 11) is 0. The number of aromatic nitrogens is 2. The molecule has 0 aliphatic carbocycles. The van der Waals surface area contributed by atoms with E-state index in [0.29, 0.717) is 12.2 Å². The summed E-state index contributed by atoms with van der Waals surface area (Å²) in [4.78, 5) is 13.9. The van der Waals surface area contributed by atoms with Gasteiger partial charge in [-0.2, -0.15) is 5.10 Å². The van der Waals surface area contributed by atoms with Gasteiger partial charge < -0.3 is 10.8 Å². The molecular formula is C12H10N4O2. The Hall–Kier alpha value is -2.81. The highest BCUT2D eigenvalue weighted by molar-refractivity contribution is 5.87. The Morgan fingerprint density at radius 1 is 1.44 bits per heavy atom. The van der Waals surface area contributed by atoms with E-state index >= 15 is 0 Å². The molecule has 6 heteroatoms. The first-order chi connectivity index (χ1) is 8.60. The Morgan fingerprint density at radius 2 is 2.11 bits per heavy atom. The zero-order valence-corrected chi connectivity index (χ0v) is 9.37. The molecule has 18 heavy (non-hydrogen) atoms. The number of hydrogen-bond donors (Lipinski definition) is 2. The quantitative estimate of drug-likeness (QED) is 0.803. The van der Waals surface area contributed by atoms with Gasteiger partial charge >= 0.3 is 5.97 Å². The van der Waals surface area contributed by atoms with Crippen LogP contribution in [-0.2, 0) is 6.54 Å². The summed E-state index contributed by atoms with van der Waals surface area (Å²) in [6, 6.07) is 6.47. The van der Waals surface area contributed by atoms with E-state index in [0.717, 1.165) is 5.56 Å². The third-order valence-electron chi connectivity index (χ3n) is 2.44. The lowest BCUT2D eigenvalue weighted by atomic mass is 10.1. The average molecular weight is 242 g/mol. The van der Waals surface area contributed by atoms with Gasteiger partial charge in [0.15, 0.2) is 5.82 Å². The molecule has 2 rings (SSSR count). The number of aromatic carboxylic acids is 1. The monoisotopic (exact) mass is 242 g/mol. The first-order valence-electron chi connectivity index (χ1n) is 5.13. The fraction of sp³-hybridized carbons (Fsp3) is 0.0833. The lowest BCUT2D eigenvalue weighted by Gasteiger charge is -2.02. The van der Waals surface area contributed by atoms with Gasteiger partial charge in [-0.1, -0.05) is 12.1 Å². The van der Waals surface area contributed by atoms with Crippen molar-refractivity contribution in [2.75, 3.05) is 5.73 Å². The second-order valence-corrected chi connectivity index (χ2v) is 3.71. The van der Waals surface area contributed by atoms with Gasteiger partial charge in [-0.15, -0.1) is 0 Å². The minimum Gasteiger partial charge on any atom is -0.478 e. The average Bonchev–Trinajstić information content (AvgIpc) is 2.70. The number of carboxylic acid groups (broad SMARTS) is 1. The van der Waals surface area contributed by atoms with Crippen LogP contribution in [-0.4, -0.2) is 20.9 Å². The second-order valence-electron chi connectivity index (χ2n) is 3.71. The van der Waals surface area contributed by atoms with Crippen molar-refractivity contribution in [3.05, 3.63) is 53.0 Å². The predicted octanol–water partition coefficient (Wildman–Crippen LogP) is 1.76. The molecule has 0 atom stereocenters. The molecule has 0 radical (unpaired) electrons. The molecule has 0 aliphatic heterocycles. The molecule has 2 aromatic rings. The van der Waals surface area contributed by atoms with E-state index in [-0.39, 0.29) is 11.4 Å². The molecule has 0 fully saturated rings. The van der Waals surface area contributed by atoms with Crippen LogP contribution in [0.5, 0.6) is 0 Å². The molecule has 0 bridgehead atoms. The molecule has 0 saturated heterocycles. The van der Waals surface area contributed by atoms with Crippen molar-refractivity contribution in [2.45, 2.75) is 6.54 Å². The van der Waals surface area contributed by atoms with Crippen molar-refractivity contribution in [2.24, 2.45) is 0 Å². The number of anilines is 1. The SMILES string of the molecule is [C-]#[N+]c1cn(Cc2ccc(C(=O)O)cc2)nc1N. The minimum absolute atomic E-state index is 0.201. The van der Waals surface area contributed by atoms with E-state index in [9.17, 15) is 4.79 Å². The van der Waals surface area contributed by atoms with Gasteiger partial charge in [-0.05, 0) is 17.7 Å². The third kappa shape index (κ3) is 2.30. The summed E-state index contributed by atoms with van der Waals surface area (Å²) in [5.41, 5.74) is 6.99. The highest BCUT2D eigenvalue weighted by Crippen LogP contribution is 2.19. The number of nitrogens with zero attached hydrogens (tertiary/aromatic N) is 3. The minimum atomic E-state index is -0.958. The summed E-state index contributed by atoms with van der Waals surface area (Å²) in [5, 5.41) is 12.8. The van der Waals surface area contributed by atoms with Crippen molar-refractivity contribution in [3.63, 3.8) is 0 Å². The molecule has 6 nitrogen and oxygen atoms in total. The van der Waals surface area contributed by atoms with Crippen LogP contribution < -0.4 is 5.73 Å².